The molecule has 0 aliphatic heterocycles. The van der Waals surface area contributed by atoms with Crippen molar-refractivity contribution < 1.29 is 0 Å². The Bertz CT molecular complexity index is 1180. The third kappa shape index (κ3) is 5.24. The minimum Gasteiger partial charge on any atom is -0.368 e. The van der Waals surface area contributed by atoms with Crippen LogP contribution in [0, 0.1) is 6.92 Å². The van der Waals surface area contributed by atoms with Crippen molar-refractivity contribution >= 4 is 57.7 Å². The second-order valence-corrected chi connectivity index (χ2v) is 7.19. The van der Waals surface area contributed by atoms with Gasteiger partial charge < -0.3 is 20.9 Å². The number of hydrogen-bond acceptors (Lipinski definition) is 5. The van der Waals surface area contributed by atoms with Crippen molar-refractivity contribution in [3.05, 3.63) is 48.0 Å². The second kappa shape index (κ2) is 10.4. The normalized spacial score (nSPS) is 11.5. The molecular weight excluding hydrogens is 505 g/mol. The first kappa shape index (κ1) is 22.8. The molecule has 0 saturated heterocycles. The molecular formula is C21H28IN9. The summed E-state index contributed by atoms with van der Waals surface area (Å²) in [5.74, 6) is 1.56. The molecule has 1 aromatic carbocycles. The van der Waals surface area contributed by atoms with Crippen molar-refractivity contribution in [3.8, 4) is 0 Å². The highest BCUT2D eigenvalue weighted by molar-refractivity contribution is 14.0. The first-order valence-electron chi connectivity index (χ1n) is 10.0. The van der Waals surface area contributed by atoms with Crippen LogP contribution in [0.3, 0.4) is 0 Å². The molecule has 164 valence electrons. The summed E-state index contributed by atoms with van der Waals surface area (Å²) in [7, 11) is 3.65. The molecule has 10 heteroatoms. The Morgan fingerprint density at radius 2 is 1.97 bits per heavy atom. The molecule has 0 bridgehead atoms. The zero-order chi connectivity index (χ0) is 20.9. The van der Waals surface area contributed by atoms with Crippen molar-refractivity contribution in [2.75, 3.05) is 32.0 Å². The number of nitrogens with zero attached hydrogens (tertiary/aromatic N) is 5. The molecule has 4 N–H and O–H groups in total. The lowest BCUT2D eigenvalue weighted by Gasteiger charge is -2.12. The molecule has 3 aromatic heterocycles. The fourth-order valence-electron chi connectivity index (χ4n) is 3.51. The van der Waals surface area contributed by atoms with Gasteiger partial charge in [0.25, 0.3) is 0 Å². The predicted octanol–water partition coefficient (Wildman–Crippen LogP) is 2.59. The Balaban J connectivity index is 0.00000272. The molecule has 3 heterocycles. The quantitative estimate of drug-likeness (QED) is 0.126. The largest absolute Gasteiger partial charge is 0.368 e. The van der Waals surface area contributed by atoms with Crippen LogP contribution in [-0.4, -0.2) is 57.4 Å². The van der Waals surface area contributed by atoms with Gasteiger partial charge in [-0.05, 0) is 30.5 Å². The lowest BCUT2D eigenvalue weighted by molar-refractivity contribution is 0.785. The van der Waals surface area contributed by atoms with Gasteiger partial charge in [0.2, 0.25) is 0 Å². The number of aromatic amines is 1. The van der Waals surface area contributed by atoms with Gasteiger partial charge >= 0.3 is 0 Å². The SMILES string of the molecule is CN=C(NCCNc1ncnc2c1cnn2C)NCCc1c[nH]c2cc(C)ccc12.I. The van der Waals surface area contributed by atoms with E-state index in [0.717, 1.165) is 35.8 Å². The minimum atomic E-state index is 0. The van der Waals surface area contributed by atoms with E-state index < -0.39 is 0 Å². The van der Waals surface area contributed by atoms with E-state index in [1.165, 1.54) is 22.0 Å². The maximum Gasteiger partial charge on any atom is 0.191 e. The van der Waals surface area contributed by atoms with Gasteiger partial charge in [0.05, 0.1) is 11.6 Å². The van der Waals surface area contributed by atoms with Crippen LogP contribution in [0.4, 0.5) is 5.82 Å². The van der Waals surface area contributed by atoms with Crippen LogP contribution in [0.1, 0.15) is 11.1 Å². The predicted molar refractivity (Wildman–Crippen MR) is 136 cm³/mol. The lowest BCUT2D eigenvalue weighted by Crippen LogP contribution is -2.40. The third-order valence-electron chi connectivity index (χ3n) is 5.07. The lowest BCUT2D eigenvalue weighted by atomic mass is 10.1. The van der Waals surface area contributed by atoms with Crippen molar-refractivity contribution in [2.24, 2.45) is 12.0 Å². The Morgan fingerprint density at radius 3 is 2.81 bits per heavy atom. The summed E-state index contributed by atoms with van der Waals surface area (Å²) in [6, 6.07) is 6.51. The average molecular weight is 533 g/mol. The Kier molecular flexibility index (Phi) is 7.66. The minimum absolute atomic E-state index is 0. The number of benzene rings is 1. The standard InChI is InChI=1S/C21H27N9.HI/c1-14-4-5-16-15(11-26-18(16)10-14)6-7-24-21(22-2)25-9-8-23-19-17-12-29-30(3)20(17)28-13-27-19;/h4-5,10-13,26H,6-9H2,1-3H3,(H2,22,24,25)(H,23,27,28);1H. The van der Waals surface area contributed by atoms with Crippen LogP contribution in [0.25, 0.3) is 21.9 Å². The molecule has 9 nitrogen and oxygen atoms in total. The monoisotopic (exact) mass is 533 g/mol. The number of aliphatic imine (C=N–C) groups is 1. The summed E-state index contributed by atoms with van der Waals surface area (Å²) < 4.78 is 1.74. The second-order valence-electron chi connectivity index (χ2n) is 7.19. The summed E-state index contributed by atoms with van der Waals surface area (Å²) in [4.78, 5) is 16.2. The maximum absolute atomic E-state index is 4.31. The van der Waals surface area contributed by atoms with E-state index in [2.05, 4.69) is 72.3 Å². The third-order valence-corrected chi connectivity index (χ3v) is 5.07. The summed E-state index contributed by atoms with van der Waals surface area (Å²) in [6.07, 6.45) is 6.33. The number of H-pyrrole nitrogens is 1. The van der Waals surface area contributed by atoms with E-state index in [9.17, 15) is 0 Å². The number of anilines is 1. The van der Waals surface area contributed by atoms with Crippen molar-refractivity contribution in [1.29, 1.82) is 0 Å². The van der Waals surface area contributed by atoms with Gasteiger partial charge in [0.1, 0.15) is 12.1 Å². The Morgan fingerprint density at radius 1 is 1.13 bits per heavy atom. The fraction of sp³-hybridized carbons (Fsp3) is 0.333. The molecule has 0 saturated carbocycles. The number of fused-ring (bicyclic) bond motifs is 2. The molecule has 0 unspecified atom stereocenters. The molecule has 0 fully saturated rings. The van der Waals surface area contributed by atoms with E-state index in [4.69, 9.17) is 0 Å². The zero-order valence-electron chi connectivity index (χ0n) is 17.9. The van der Waals surface area contributed by atoms with Crippen molar-refractivity contribution in [2.45, 2.75) is 13.3 Å². The van der Waals surface area contributed by atoms with Gasteiger partial charge in [-0.3, -0.25) is 9.67 Å². The molecule has 4 rings (SSSR count). The zero-order valence-corrected chi connectivity index (χ0v) is 20.3. The van der Waals surface area contributed by atoms with Gasteiger partial charge in [0, 0.05) is 50.8 Å². The van der Waals surface area contributed by atoms with E-state index in [0.29, 0.717) is 13.1 Å². The van der Waals surface area contributed by atoms with Crippen LogP contribution in [0.2, 0.25) is 0 Å². The summed E-state index contributed by atoms with van der Waals surface area (Å²) in [5, 5.41) is 16.4. The van der Waals surface area contributed by atoms with Crippen LogP contribution < -0.4 is 16.0 Å². The van der Waals surface area contributed by atoms with Gasteiger partial charge in [-0.15, -0.1) is 24.0 Å². The molecule has 0 radical (unpaired) electrons. The first-order valence-corrected chi connectivity index (χ1v) is 10.0. The maximum atomic E-state index is 4.31. The Hall–Kier alpha value is -2.89. The van der Waals surface area contributed by atoms with Crippen LogP contribution in [-0.2, 0) is 13.5 Å². The molecule has 0 spiro atoms. The van der Waals surface area contributed by atoms with Gasteiger partial charge in [-0.2, -0.15) is 5.10 Å². The van der Waals surface area contributed by atoms with E-state index in [1.54, 1.807) is 24.3 Å². The molecule has 0 amide bonds. The highest BCUT2D eigenvalue weighted by Gasteiger charge is 2.07. The Labute approximate surface area is 198 Å². The number of guanidine groups is 1. The summed E-state index contributed by atoms with van der Waals surface area (Å²) in [6.45, 7) is 4.31. The fourth-order valence-corrected chi connectivity index (χ4v) is 3.51. The molecule has 0 aliphatic rings. The molecule has 0 aliphatic carbocycles. The first-order chi connectivity index (χ1) is 14.7. The number of rotatable bonds is 7. The highest BCUT2D eigenvalue weighted by Crippen LogP contribution is 2.19. The number of aryl methyl sites for hydroxylation is 2. The van der Waals surface area contributed by atoms with E-state index >= 15 is 0 Å². The average Bonchev–Trinajstić information content (AvgIpc) is 3.33. The smallest absolute Gasteiger partial charge is 0.191 e. The van der Waals surface area contributed by atoms with Crippen molar-refractivity contribution in [3.63, 3.8) is 0 Å². The molecule has 0 atom stereocenters. The van der Waals surface area contributed by atoms with Crippen LogP contribution >= 0.6 is 24.0 Å². The van der Waals surface area contributed by atoms with E-state index in [1.807, 2.05) is 7.05 Å². The molecule has 4 aromatic rings. The molecule has 31 heavy (non-hydrogen) atoms. The van der Waals surface area contributed by atoms with E-state index in [-0.39, 0.29) is 24.0 Å². The van der Waals surface area contributed by atoms with Crippen LogP contribution in [0.5, 0.6) is 0 Å². The van der Waals surface area contributed by atoms with Gasteiger partial charge in [0.15, 0.2) is 11.6 Å². The topological polar surface area (TPSA) is 108 Å². The number of hydrogen-bond donors (Lipinski definition) is 4. The van der Waals surface area contributed by atoms with Crippen molar-refractivity contribution in [1.82, 2.24) is 35.4 Å². The van der Waals surface area contributed by atoms with Crippen LogP contribution in [0.15, 0.2) is 41.9 Å². The highest BCUT2D eigenvalue weighted by atomic mass is 127. The summed E-state index contributed by atoms with van der Waals surface area (Å²) in [5.41, 5.74) is 4.56. The summed E-state index contributed by atoms with van der Waals surface area (Å²) >= 11 is 0. The number of nitrogens with one attached hydrogen (secondary N) is 4. The van der Waals surface area contributed by atoms with Gasteiger partial charge in [-0.1, -0.05) is 12.1 Å². The number of halogens is 1. The van der Waals surface area contributed by atoms with Gasteiger partial charge in [-0.25, -0.2) is 9.97 Å². The number of aromatic nitrogens is 5.